The van der Waals surface area contributed by atoms with Crippen molar-refractivity contribution >= 4 is 45.1 Å². The number of carbonyl (C=O) groups excluding carboxylic acids is 2. The lowest BCUT2D eigenvalue weighted by molar-refractivity contribution is -0.140. The smallest absolute Gasteiger partial charge is 0.331 e. The number of benzene rings is 2. The van der Waals surface area contributed by atoms with Crippen LogP contribution in [0.2, 0.25) is 5.02 Å². The van der Waals surface area contributed by atoms with E-state index in [0.29, 0.717) is 21.8 Å². The molecule has 2 rings (SSSR count). The van der Waals surface area contributed by atoms with Crippen molar-refractivity contribution in [2.75, 3.05) is 11.0 Å². The van der Waals surface area contributed by atoms with Crippen LogP contribution in [0.5, 0.6) is 0 Å². The number of nitrogens with one attached hydrogen (secondary N) is 1. The predicted molar refractivity (Wildman–Crippen MR) is 105 cm³/mol. The minimum absolute atomic E-state index is 0.296. The Labute approximate surface area is 162 Å². The number of rotatable bonds is 7. The van der Waals surface area contributed by atoms with Crippen molar-refractivity contribution in [3.8, 4) is 0 Å². The number of Topliss-reactive ketones (excluding diaryl/α,β-unsaturated/α-hetero) is 1. The quantitative estimate of drug-likeness (QED) is 0.430. The second-order valence-electron chi connectivity index (χ2n) is 5.75. The van der Waals surface area contributed by atoms with Gasteiger partial charge in [-0.1, -0.05) is 29.8 Å². The second kappa shape index (κ2) is 8.83. The predicted octanol–water partition coefficient (Wildman–Crippen LogP) is 3.54. The zero-order valence-corrected chi connectivity index (χ0v) is 16.3. The van der Waals surface area contributed by atoms with E-state index < -0.39 is 27.9 Å². The summed E-state index contributed by atoms with van der Waals surface area (Å²) < 4.78 is 29.8. The van der Waals surface area contributed by atoms with Gasteiger partial charge < -0.3 is 4.74 Å². The van der Waals surface area contributed by atoms with Crippen molar-refractivity contribution in [1.29, 1.82) is 0 Å². The van der Waals surface area contributed by atoms with Gasteiger partial charge in [0.15, 0.2) is 6.10 Å². The fourth-order valence-electron chi connectivity index (χ4n) is 2.19. The molecule has 0 aliphatic carbocycles. The van der Waals surface area contributed by atoms with Crippen molar-refractivity contribution in [2.45, 2.75) is 13.0 Å². The maximum Gasteiger partial charge on any atom is 0.331 e. The van der Waals surface area contributed by atoms with Gasteiger partial charge in [-0.25, -0.2) is 13.2 Å². The molecule has 0 unspecified atom stereocenters. The Morgan fingerprint density at radius 1 is 1.11 bits per heavy atom. The molecule has 0 bridgehead atoms. The molecule has 0 spiro atoms. The minimum atomic E-state index is -3.40. The fourth-order valence-corrected chi connectivity index (χ4v) is 2.95. The lowest BCUT2D eigenvalue weighted by Gasteiger charge is -2.11. The van der Waals surface area contributed by atoms with Gasteiger partial charge in [0, 0.05) is 22.3 Å². The van der Waals surface area contributed by atoms with Gasteiger partial charge in [-0.2, -0.15) is 0 Å². The van der Waals surface area contributed by atoms with Gasteiger partial charge in [-0.3, -0.25) is 9.52 Å². The summed E-state index contributed by atoms with van der Waals surface area (Å²) in [4.78, 5) is 24.2. The molecule has 1 N–H and O–H groups in total. The maximum absolute atomic E-state index is 12.3. The molecule has 27 heavy (non-hydrogen) atoms. The molecule has 0 radical (unpaired) electrons. The summed E-state index contributed by atoms with van der Waals surface area (Å²) in [6.07, 6.45) is 2.74. The summed E-state index contributed by atoms with van der Waals surface area (Å²) in [5, 5.41) is 0.494. The molecule has 0 saturated carbocycles. The van der Waals surface area contributed by atoms with E-state index in [1.807, 2.05) is 0 Å². The van der Waals surface area contributed by atoms with Crippen LogP contribution in [0.15, 0.2) is 54.6 Å². The Hall–Kier alpha value is -2.64. The first kappa shape index (κ1) is 20.7. The number of ketones is 1. The third-order valence-corrected chi connectivity index (χ3v) is 4.39. The van der Waals surface area contributed by atoms with E-state index in [2.05, 4.69) is 4.72 Å². The number of anilines is 1. The molecule has 6 nitrogen and oxygen atoms in total. The molecule has 142 valence electrons. The summed E-state index contributed by atoms with van der Waals surface area (Å²) in [5.74, 6) is -1.08. The van der Waals surface area contributed by atoms with E-state index in [0.717, 1.165) is 6.26 Å². The Morgan fingerprint density at radius 2 is 1.74 bits per heavy atom. The van der Waals surface area contributed by atoms with Gasteiger partial charge in [-0.15, -0.1) is 0 Å². The first-order chi connectivity index (χ1) is 12.7. The van der Waals surface area contributed by atoms with Crippen molar-refractivity contribution in [3.63, 3.8) is 0 Å². The highest BCUT2D eigenvalue weighted by molar-refractivity contribution is 7.92. The molecule has 0 saturated heterocycles. The Balaban J connectivity index is 1.98. The van der Waals surface area contributed by atoms with Crippen molar-refractivity contribution in [3.05, 3.63) is 70.8 Å². The number of hydrogen-bond donors (Lipinski definition) is 1. The van der Waals surface area contributed by atoms with E-state index in [1.54, 1.807) is 24.3 Å². The molecule has 0 aliphatic rings. The van der Waals surface area contributed by atoms with Crippen LogP contribution in [0.4, 0.5) is 5.69 Å². The first-order valence-electron chi connectivity index (χ1n) is 7.91. The van der Waals surface area contributed by atoms with Crippen molar-refractivity contribution in [2.24, 2.45) is 0 Å². The van der Waals surface area contributed by atoms with E-state index in [4.69, 9.17) is 16.3 Å². The van der Waals surface area contributed by atoms with Crippen LogP contribution in [0, 0.1) is 0 Å². The largest absolute Gasteiger partial charge is 0.451 e. The van der Waals surface area contributed by atoms with Gasteiger partial charge in [-0.05, 0) is 48.9 Å². The van der Waals surface area contributed by atoms with E-state index >= 15 is 0 Å². The highest BCUT2D eigenvalue weighted by atomic mass is 35.5. The molecular weight excluding hydrogens is 390 g/mol. The number of ether oxygens (including phenoxy) is 1. The lowest BCUT2D eigenvalue weighted by Crippen LogP contribution is -2.23. The first-order valence-corrected chi connectivity index (χ1v) is 10.2. The van der Waals surface area contributed by atoms with Crippen LogP contribution in [-0.2, 0) is 19.6 Å². The number of halogens is 1. The molecule has 0 heterocycles. The van der Waals surface area contributed by atoms with Crippen LogP contribution < -0.4 is 4.72 Å². The molecule has 2 aromatic rings. The summed E-state index contributed by atoms with van der Waals surface area (Å²) in [7, 11) is -3.40. The van der Waals surface area contributed by atoms with Crippen LogP contribution in [0.3, 0.4) is 0 Å². The Bertz CT molecular complexity index is 968. The topological polar surface area (TPSA) is 89.5 Å². The van der Waals surface area contributed by atoms with Gasteiger partial charge >= 0.3 is 5.97 Å². The SMILES string of the molecule is C[C@@H](OC(=O)/C=C/c1ccccc1Cl)C(=O)c1ccc(NS(C)(=O)=O)cc1. The Morgan fingerprint density at radius 3 is 2.33 bits per heavy atom. The van der Waals surface area contributed by atoms with Crippen LogP contribution in [0.25, 0.3) is 6.08 Å². The molecular formula is C19H18ClNO5S. The second-order valence-corrected chi connectivity index (χ2v) is 7.91. The lowest BCUT2D eigenvalue weighted by atomic mass is 10.1. The third-order valence-electron chi connectivity index (χ3n) is 3.44. The fraction of sp³-hybridized carbons (Fsp3) is 0.158. The molecule has 1 atom stereocenters. The van der Waals surface area contributed by atoms with Gasteiger partial charge in [0.1, 0.15) is 0 Å². The highest BCUT2D eigenvalue weighted by Gasteiger charge is 2.18. The average molecular weight is 408 g/mol. The monoisotopic (exact) mass is 407 g/mol. The third kappa shape index (κ3) is 6.54. The number of hydrogen-bond acceptors (Lipinski definition) is 5. The van der Waals surface area contributed by atoms with Crippen LogP contribution in [0.1, 0.15) is 22.8 Å². The molecule has 0 aromatic heterocycles. The Kier molecular flexibility index (Phi) is 6.76. The molecule has 2 aromatic carbocycles. The molecule has 0 fully saturated rings. The standard InChI is InChI=1S/C19H18ClNO5S/c1-13(26-18(22)12-9-14-5-3-4-6-17(14)20)19(23)15-7-10-16(11-8-15)21-27(2,24)25/h3-13,21H,1-2H3/b12-9+/t13-/m1/s1. The van der Waals surface area contributed by atoms with Gasteiger partial charge in [0.2, 0.25) is 15.8 Å². The van der Waals surface area contributed by atoms with Crippen molar-refractivity contribution < 1.29 is 22.7 Å². The summed E-state index contributed by atoms with van der Waals surface area (Å²) in [6.45, 7) is 1.46. The highest BCUT2D eigenvalue weighted by Crippen LogP contribution is 2.17. The summed E-state index contributed by atoms with van der Waals surface area (Å²) in [6, 6.07) is 12.8. The summed E-state index contributed by atoms with van der Waals surface area (Å²) in [5.41, 5.74) is 1.29. The van der Waals surface area contributed by atoms with Crippen LogP contribution in [-0.4, -0.2) is 32.5 Å². The average Bonchev–Trinajstić information content (AvgIpc) is 2.59. The number of esters is 1. The zero-order chi connectivity index (χ0) is 20.0. The van der Waals surface area contributed by atoms with Gasteiger partial charge in [0.25, 0.3) is 0 Å². The molecule has 8 heteroatoms. The number of carbonyl (C=O) groups is 2. The maximum atomic E-state index is 12.3. The summed E-state index contributed by atoms with van der Waals surface area (Å²) >= 11 is 6.00. The normalized spacial score (nSPS) is 12.6. The zero-order valence-electron chi connectivity index (χ0n) is 14.7. The minimum Gasteiger partial charge on any atom is -0.451 e. The van der Waals surface area contributed by atoms with E-state index in [9.17, 15) is 18.0 Å². The van der Waals surface area contributed by atoms with E-state index in [1.165, 1.54) is 43.3 Å². The molecule has 0 aliphatic heterocycles. The number of sulfonamides is 1. The van der Waals surface area contributed by atoms with Crippen molar-refractivity contribution in [1.82, 2.24) is 0 Å². The van der Waals surface area contributed by atoms with Gasteiger partial charge in [0.05, 0.1) is 6.26 Å². The van der Waals surface area contributed by atoms with Crippen LogP contribution >= 0.6 is 11.6 Å². The van der Waals surface area contributed by atoms with E-state index in [-0.39, 0.29) is 0 Å². The molecule has 0 amide bonds.